The number of carbonyl (C=O) groups is 2. The number of ether oxygens (including phenoxy) is 1. The van der Waals surface area contributed by atoms with Gasteiger partial charge in [-0.15, -0.1) is 0 Å². The predicted molar refractivity (Wildman–Crippen MR) is 82.6 cm³/mol. The minimum absolute atomic E-state index is 0.0243. The molecule has 5 rings (SSSR count). The number of carbonyl (C=O) groups excluding carboxylic acids is 2. The minimum Gasteiger partial charge on any atom is -0.444 e. The summed E-state index contributed by atoms with van der Waals surface area (Å²) in [4.78, 5) is 28.8. The molecule has 4 bridgehead atoms. The van der Waals surface area contributed by atoms with Gasteiger partial charge in [-0.3, -0.25) is 9.69 Å². The molecule has 5 fully saturated rings. The van der Waals surface area contributed by atoms with Crippen molar-refractivity contribution in [3.63, 3.8) is 0 Å². The number of fused-ring (bicyclic) bond motifs is 2. The van der Waals surface area contributed by atoms with Gasteiger partial charge in [-0.1, -0.05) is 0 Å². The van der Waals surface area contributed by atoms with Crippen molar-refractivity contribution in [3.8, 4) is 0 Å². The van der Waals surface area contributed by atoms with Crippen molar-refractivity contribution in [2.45, 2.75) is 63.6 Å². The number of hydrogen-bond acceptors (Lipinski definition) is 4. The largest absolute Gasteiger partial charge is 0.444 e. The van der Waals surface area contributed by atoms with Crippen LogP contribution in [0.25, 0.3) is 0 Å². The van der Waals surface area contributed by atoms with Crippen LogP contribution in [0.3, 0.4) is 0 Å². The maximum Gasteiger partial charge on any atom is 0.411 e. The highest BCUT2D eigenvalue weighted by Gasteiger charge is 2.66. The van der Waals surface area contributed by atoms with E-state index in [9.17, 15) is 14.7 Å². The van der Waals surface area contributed by atoms with Gasteiger partial charge >= 0.3 is 6.09 Å². The molecular weight excluding hydrogens is 296 g/mol. The lowest BCUT2D eigenvalue weighted by molar-refractivity contribution is -0.161. The summed E-state index contributed by atoms with van der Waals surface area (Å²) in [6.07, 6.45) is 3.76. The summed E-state index contributed by atoms with van der Waals surface area (Å²) in [5.74, 6) is 0.793. The van der Waals surface area contributed by atoms with E-state index in [4.69, 9.17) is 4.74 Å². The fourth-order valence-corrected chi connectivity index (χ4v) is 4.99. The van der Waals surface area contributed by atoms with Crippen LogP contribution >= 0.6 is 0 Å². The van der Waals surface area contributed by atoms with Gasteiger partial charge in [-0.05, 0) is 51.4 Å². The third kappa shape index (κ3) is 2.03. The second kappa shape index (κ2) is 4.41. The van der Waals surface area contributed by atoms with E-state index in [0.717, 1.165) is 12.5 Å². The van der Waals surface area contributed by atoms with Gasteiger partial charge in [0.15, 0.2) is 0 Å². The highest BCUT2D eigenvalue weighted by Crippen LogP contribution is 2.65. The van der Waals surface area contributed by atoms with Crippen molar-refractivity contribution < 1.29 is 19.4 Å². The molecule has 23 heavy (non-hydrogen) atoms. The average molecular weight is 322 g/mol. The molecule has 0 aromatic heterocycles. The Morgan fingerprint density at radius 2 is 1.96 bits per heavy atom. The summed E-state index contributed by atoms with van der Waals surface area (Å²) in [7, 11) is 0. The molecular formula is C17H26N2O4. The normalized spacial score (nSPS) is 41.0. The Bertz CT molecular complexity index is 552. The number of aliphatic hydroxyl groups is 1. The summed E-state index contributed by atoms with van der Waals surface area (Å²) in [6.45, 7) is 6.37. The molecule has 0 radical (unpaired) electrons. The fraction of sp³-hybridized carbons (Fsp3) is 0.882. The maximum absolute atomic E-state index is 13.0. The van der Waals surface area contributed by atoms with Gasteiger partial charge in [0.1, 0.15) is 11.1 Å². The van der Waals surface area contributed by atoms with Crippen LogP contribution in [0, 0.1) is 11.3 Å². The van der Waals surface area contributed by atoms with Crippen LogP contribution in [-0.2, 0) is 9.53 Å². The van der Waals surface area contributed by atoms with Crippen LogP contribution in [0.4, 0.5) is 4.79 Å². The molecule has 0 spiro atoms. The van der Waals surface area contributed by atoms with Crippen LogP contribution in [0.5, 0.6) is 0 Å². The quantitative estimate of drug-likeness (QED) is 0.852. The standard InChI is InChI=1S/C17H26N2O4/c1-15(2,3)23-14(22)19-8-12-7-17(19,10-20)13(21)18(12)9-16-4-11(5-16)6-16/h11-12,20H,4-10H2,1-3H3/t11?,12-,16?,17+/m0/s1. The first-order valence-corrected chi connectivity index (χ1v) is 8.61. The van der Waals surface area contributed by atoms with Crippen molar-refractivity contribution in [1.82, 2.24) is 9.80 Å². The Morgan fingerprint density at radius 1 is 1.30 bits per heavy atom. The Balaban J connectivity index is 1.51. The minimum atomic E-state index is -1.10. The molecule has 6 heteroatoms. The molecule has 0 unspecified atom stereocenters. The smallest absolute Gasteiger partial charge is 0.411 e. The Hall–Kier alpha value is -1.30. The zero-order valence-corrected chi connectivity index (χ0v) is 14.2. The first kappa shape index (κ1) is 15.2. The van der Waals surface area contributed by atoms with Gasteiger partial charge in [-0.25, -0.2) is 4.79 Å². The predicted octanol–water partition coefficient (Wildman–Crippen LogP) is 1.37. The van der Waals surface area contributed by atoms with E-state index >= 15 is 0 Å². The van der Waals surface area contributed by atoms with Crippen molar-refractivity contribution in [2.24, 2.45) is 11.3 Å². The van der Waals surface area contributed by atoms with Crippen molar-refractivity contribution in [3.05, 3.63) is 0 Å². The van der Waals surface area contributed by atoms with Crippen molar-refractivity contribution >= 4 is 12.0 Å². The summed E-state index contributed by atoms with van der Waals surface area (Å²) in [5, 5.41) is 9.93. The number of nitrogens with zero attached hydrogens (tertiary/aromatic N) is 2. The molecule has 2 atom stereocenters. The molecule has 5 aliphatic rings. The molecule has 3 aliphatic carbocycles. The summed E-state index contributed by atoms with van der Waals surface area (Å²) >= 11 is 0. The molecule has 0 aromatic carbocycles. The molecule has 3 saturated carbocycles. The first-order chi connectivity index (χ1) is 10.7. The molecule has 0 aromatic rings. The van der Waals surface area contributed by atoms with E-state index in [1.165, 1.54) is 24.2 Å². The zero-order chi connectivity index (χ0) is 16.6. The van der Waals surface area contributed by atoms with Gasteiger partial charge in [0.05, 0.1) is 12.6 Å². The Kier molecular flexibility index (Phi) is 2.92. The van der Waals surface area contributed by atoms with Crippen molar-refractivity contribution in [1.29, 1.82) is 0 Å². The third-order valence-electron chi connectivity index (χ3n) is 6.13. The number of likely N-dealkylation sites (tertiary alicyclic amines) is 2. The van der Waals surface area contributed by atoms with E-state index in [1.807, 2.05) is 25.7 Å². The third-order valence-corrected chi connectivity index (χ3v) is 6.13. The van der Waals surface area contributed by atoms with E-state index in [2.05, 4.69) is 0 Å². The van der Waals surface area contributed by atoms with Crippen molar-refractivity contribution in [2.75, 3.05) is 19.7 Å². The van der Waals surface area contributed by atoms with E-state index < -0.39 is 17.2 Å². The summed E-state index contributed by atoms with van der Waals surface area (Å²) in [5.41, 5.74) is -1.36. The van der Waals surface area contributed by atoms with Crippen LogP contribution in [0.15, 0.2) is 0 Å². The number of aliphatic hydroxyl groups excluding tert-OH is 1. The number of hydrogen-bond donors (Lipinski definition) is 1. The molecule has 2 amide bonds. The number of amides is 2. The van der Waals surface area contributed by atoms with E-state index in [0.29, 0.717) is 18.4 Å². The van der Waals surface area contributed by atoms with Gasteiger partial charge in [0.25, 0.3) is 5.91 Å². The van der Waals surface area contributed by atoms with Crippen LogP contribution in [0.1, 0.15) is 46.5 Å². The Morgan fingerprint density at radius 3 is 2.43 bits per heavy atom. The summed E-state index contributed by atoms with van der Waals surface area (Å²) in [6, 6.07) is 0.0243. The molecule has 1 N–H and O–H groups in total. The molecule has 2 heterocycles. The first-order valence-electron chi connectivity index (χ1n) is 8.61. The SMILES string of the molecule is CC(C)(C)OC(=O)N1C[C@@H]2C[C@@]1(CO)C(=O)N2CC12CC(C1)C2. The molecule has 128 valence electrons. The number of rotatable bonds is 3. The average Bonchev–Trinajstić information content (AvgIpc) is 2.85. The van der Waals surface area contributed by atoms with Crippen LogP contribution in [-0.4, -0.2) is 63.8 Å². The molecule has 2 aliphatic heterocycles. The van der Waals surface area contributed by atoms with Gasteiger partial charge in [-0.2, -0.15) is 0 Å². The molecule has 2 saturated heterocycles. The highest BCUT2D eigenvalue weighted by atomic mass is 16.6. The van der Waals surface area contributed by atoms with Crippen LogP contribution in [0.2, 0.25) is 0 Å². The lowest BCUT2D eigenvalue weighted by atomic mass is 9.44. The van der Waals surface area contributed by atoms with E-state index in [1.54, 1.807) is 0 Å². The second-order valence-corrected chi connectivity index (χ2v) is 9.05. The maximum atomic E-state index is 13.0. The van der Waals surface area contributed by atoms with Gasteiger partial charge in [0, 0.05) is 19.5 Å². The van der Waals surface area contributed by atoms with E-state index in [-0.39, 0.29) is 18.6 Å². The topological polar surface area (TPSA) is 70.1 Å². The fourth-order valence-electron chi connectivity index (χ4n) is 4.99. The lowest BCUT2D eigenvalue weighted by Gasteiger charge is -2.63. The second-order valence-electron chi connectivity index (χ2n) is 9.05. The summed E-state index contributed by atoms with van der Waals surface area (Å²) < 4.78 is 5.43. The highest BCUT2D eigenvalue weighted by molar-refractivity contribution is 5.94. The number of piperazine rings is 1. The monoisotopic (exact) mass is 322 g/mol. The lowest BCUT2D eigenvalue weighted by Crippen LogP contribution is -2.65. The molecule has 6 nitrogen and oxygen atoms in total. The van der Waals surface area contributed by atoms with Crippen LogP contribution < -0.4 is 0 Å². The Labute approximate surface area is 136 Å². The van der Waals surface area contributed by atoms with Gasteiger partial charge < -0.3 is 14.7 Å². The van der Waals surface area contributed by atoms with Gasteiger partial charge in [0.2, 0.25) is 0 Å². The zero-order valence-electron chi connectivity index (χ0n) is 14.2.